The molecule has 0 bridgehead atoms. The van der Waals surface area contributed by atoms with Crippen LogP contribution in [0.15, 0.2) is 48.5 Å². The van der Waals surface area contributed by atoms with Gasteiger partial charge in [-0.3, -0.25) is 4.79 Å². The maximum absolute atomic E-state index is 12.5. The molecule has 0 spiro atoms. The first-order valence-corrected chi connectivity index (χ1v) is 7.64. The molecule has 0 radical (unpaired) electrons. The van der Waals surface area contributed by atoms with E-state index in [1.807, 2.05) is 24.4 Å². The second-order valence-electron chi connectivity index (χ2n) is 4.37. The van der Waals surface area contributed by atoms with E-state index in [9.17, 15) is 4.79 Å². The molecule has 21 heavy (non-hydrogen) atoms. The van der Waals surface area contributed by atoms with Gasteiger partial charge in [-0.1, -0.05) is 12.1 Å². The van der Waals surface area contributed by atoms with Crippen LogP contribution < -0.4 is 4.74 Å². The summed E-state index contributed by atoms with van der Waals surface area (Å²) in [6, 6.07) is 7.46. The van der Waals surface area contributed by atoms with Crippen molar-refractivity contribution in [3.63, 3.8) is 0 Å². The molecule has 0 aliphatic rings. The summed E-state index contributed by atoms with van der Waals surface area (Å²) in [5.74, 6) is 0.474. The molecule has 0 aliphatic heterocycles. The lowest BCUT2D eigenvalue weighted by Crippen LogP contribution is -2.30. The van der Waals surface area contributed by atoms with Crippen molar-refractivity contribution in [3.8, 4) is 5.88 Å². The number of hydrogen-bond donors (Lipinski definition) is 0. The molecule has 2 aromatic rings. The summed E-state index contributed by atoms with van der Waals surface area (Å²) in [4.78, 5) is 19.6. The van der Waals surface area contributed by atoms with Gasteiger partial charge in [0.05, 0.1) is 18.7 Å². The van der Waals surface area contributed by atoms with Crippen LogP contribution in [-0.2, 0) is 6.54 Å². The molecule has 0 atom stereocenters. The third-order valence-corrected chi connectivity index (χ3v) is 3.70. The number of rotatable bonds is 7. The second-order valence-corrected chi connectivity index (χ2v) is 5.40. The number of pyridine rings is 1. The minimum Gasteiger partial charge on any atom is -0.478 e. The lowest BCUT2D eigenvalue weighted by atomic mass is 10.2. The Labute approximate surface area is 128 Å². The fourth-order valence-electron chi connectivity index (χ4n) is 1.89. The monoisotopic (exact) mass is 302 g/mol. The van der Waals surface area contributed by atoms with Gasteiger partial charge in [0.25, 0.3) is 5.91 Å². The molecule has 0 aromatic carbocycles. The summed E-state index contributed by atoms with van der Waals surface area (Å²) in [7, 11) is 0. The Bertz CT molecular complexity index is 579. The Hall–Kier alpha value is -2.14. The summed E-state index contributed by atoms with van der Waals surface area (Å²) in [6.07, 6.45) is 3.28. The smallest absolute Gasteiger partial charge is 0.256 e. The Morgan fingerprint density at radius 1 is 1.48 bits per heavy atom. The van der Waals surface area contributed by atoms with Crippen LogP contribution in [0.5, 0.6) is 5.88 Å². The van der Waals surface area contributed by atoms with Gasteiger partial charge in [-0.25, -0.2) is 4.98 Å². The Kier molecular flexibility index (Phi) is 5.51. The number of aromatic nitrogens is 1. The molecule has 2 aromatic heterocycles. The highest BCUT2D eigenvalue weighted by atomic mass is 32.1. The highest BCUT2D eigenvalue weighted by Gasteiger charge is 2.16. The summed E-state index contributed by atoms with van der Waals surface area (Å²) < 4.78 is 5.28. The van der Waals surface area contributed by atoms with Gasteiger partial charge in [0.2, 0.25) is 5.88 Å². The van der Waals surface area contributed by atoms with E-state index in [-0.39, 0.29) is 5.91 Å². The quantitative estimate of drug-likeness (QED) is 0.736. The third-order valence-electron chi connectivity index (χ3n) is 2.84. The molecule has 0 unspecified atom stereocenters. The largest absolute Gasteiger partial charge is 0.478 e. The van der Waals surface area contributed by atoms with Crippen molar-refractivity contribution < 1.29 is 9.53 Å². The summed E-state index contributed by atoms with van der Waals surface area (Å²) in [6.45, 7) is 7.25. The van der Waals surface area contributed by atoms with Gasteiger partial charge < -0.3 is 9.64 Å². The predicted octanol–water partition coefficient (Wildman–Crippen LogP) is 3.37. The fourth-order valence-corrected chi connectivity index (χ4v) is 2.61. The van der Waals surface area contributed by atoms with Crippen LogP contribution in [0.25, 0.3) is 0 Å². The highest BCUT2D eigenvalue weighted by molar-refractivity contribution is 7.09. The van der Waals surface area contributed by atoms with E-state index in [0.717, 1.165) is 4.88 Å². The van der Waals surface area contributed by atoms with Gasteiger partial charge in [-0.15, -0.1) is 17.9 Å². The van der Waals surface area contributed by atoms with Crippen LogP contribution in [-0.4, -0.2) is 28.9 Å². The molecular formula is C16H18N2O2S. The molecular weight excluding hydrogens is 284 g/mol. The Balaban J connectivity index is 2.11. The van der Waals surface area contributed by atoms with Crippen molar-refractivity contribution in [2.75, 3.05) is 13.2 Å². The number of thiophene rings is 1. The molecule has 0 aliphatic carbocycles. The molecule has 1 amide bonds. The van der Waals surface area contributed by atoms with E-state index < -0.39 is 0 Å². The van der Waals surface area contributed by atoms with Crippen molar-refractivity contribution in [1.29, 1.82) is 0 Å². The van der Waals surface area contributed by atoms with Crippen molar-refractivity contribution in [1.82, 2.24) is 9.88 Å². The maximum Gasteiger partial charge on any atom is 0.256 e. The average Bonchev–Trinajstić information content (AvgIpc) is 3.00. The lowest BCUT2D eigenvalue weighted by molar-refractivity contribution is 0.0763. The van der Waals surface area contributed by atoms with Crippen LogP contribution in [0.3, 0.4) is 0 Å². The number of nitrogens with zero attached hydrogens (tertiary/aromatic N) is 2. The lowest BCUT2D eigenvalue weighted by Gasteiger charge is -2.20. The third kappa shape index (κ3) is 4.16. The zero-order chi connectivity index (χ0) is 15.1. The standard InChI is InChI=1S/C16H18N2O2S/c1-3-9-18(12-14-6-5-10-21-14)16(19)13-7-8-15(17-11-13)20-4-2/h3,5-8,10-11H,1,4,9,12H2,2H3. The molecule has 0 fully saturated rings. The van der Waals surface area contributed by atoms with Gasteiger partial charge in [-0.05, 0) is 24.4 Å². The van der Waals surface area contributed by atoms with Gasteiger partial charge in [0.15, 0.2) is 0 Å². The molecule has 2 rings (SSSR count). The van der Waals surface area contributed by atoms with Gasteiger partial charge >= 0.3 is 0 Å². The van der Waals surface area contributed by atoms with E-state index in [0.29, 0.717) is 31.1 Å². The van der Waals surface area contributed by atoms with Gasteiger partial charge in [0.1, 0.15) is 0 Å². The predicted molar refractivity (Wildman–Crippen MR) is 84.7 cm³/mol. The minimum absolute atomic E-state index is 0.0566. The average molecular weight is 302 g/mol. The number of carbonyl (C=O) groups excluding carboxylic acids is 1. The van der Waals surface area contributed by atoms with E-state index in [4.69, 9.17) is 4.74 Å². The van der Waals surface area contributed by atoms with Crippen LogP contribution in [0.1, 0.15) is 22.2 Å². The summed E-state index contributed by atoms with van der Waals surface area (Å²) >= 11 is 1.63. The van der Waals surface area contributed by atoms with Crippen molar-refractivity contribution >= 4 is 17.2 Å². The Morgan fingerprint density at radius 3 is 2.90 bits per heavy atom. The van der Waals surface area contributed by atoms with Crippen molar-refractivity contribution in [2.24, 2.45) is 0 Å². The topological polar surface area (TPSA) is 42.4 Å². The van der Waals surface area contributed by atoms with Crippen molar-refractivity contribution in [3.05, 3.63) is 58.9 Å². The second kappa shape index (κ2) is 7.59. The summed E-state index contributed by atoms with van der Waals surface area (Å²) in [5.41, 5.74) is 0.553. The summed E-state index contributed by atoms with van der Waals surface area (Å²) in [5, 5.41) is 2.00. The maximum atomic E-state index is 12.5. The van der Waals surface area contributed by atoms with Crippen LogP contribution in [0, 0.1) is 0 Å². The zero-order valence-electron chi connectivity index (χ0n) is 12.0. The van der Waals surface area contributed by atoms with Gasteiger partial charge in [-0.2, -0.15) is 0 Å². The van der Waals surface area contributed by atoms with Gasteiger partial charge in [0, 0.05) is 23.7 Å². The molecule has 110 valence electrons. The SMILES string of the molecule is C=CCN(Cc1cccs1)C(=O)c1ccc(OCC)nc1. The molecule has 5 heteroatoms. The first kappa shape index (κ1) is 15.3. The molecule has 0 saturated heterocycles. The van der Waals surface area contributed by atoms with E-state index >= 15 is 0 Å². The number of hydrogen-bond acceptors (Lipinski definition) is 4. The van der Waals surface area contributed by atoms with Crippen LogP contribution >= 0.6 is 11.3 Å². The number of ether oxygens (including phenoxy) is 1. The Morgan fingerprint density at radius 2 is 2.33 bits per heavy atom. The van der Waals surface area contributed by atoms with Crippen molar-refractivity contribution in [2.45, 2.75) is 13.5 Å². The van der Waals surface area contributed by atoms with E-state index in [2.05, 4.69) is 11.6 Å². The molecule has 0 N–H and O–H groups in total. The van der Waals surface area contributed by atoms with E-state index in [1.54, 1.807) is 40.6 Å². The minimum atomic E-state index is -0.0566. The first-order chi connectivity index (χ1) is 10.2. The fraction of sp³-hybridized carbons (Fsp3) is 0.250. The first-order valence-electron chi connectivity index (χ1n) is 6.76. The molecule has 0 saturated carbocycles. The number of carbonyl (C=O) groups is 1. The molecule has 2 heterocycles. The van der Waals surface area contributed by atoms with Crippen LogP contribution in [0.4, 0.5) is 0 Å². The highest BCUT2D eigenvalue weighted by Crippen LogP contribution is 2.15. The van der Waals surface area contributed by atoms with E-state index in [1.165, 1.54) is 0 Å². The number of amides is 1. The normalized spacial score (nSPS) is 10.1. The molecule has 4 nitrogen and oxygen atoms in total. The van der Waals surface area contributed by atoms with Crippen LogP contribution in [0.2, 0.25) is 0 Å². The zero-order valence-corrected chi connectivity index (χ0v) is 12.8.